The van der Waals surface area contributed by atoms with E-state index in [0.29, 0.717) is 5.57 Å². The zero-order valence-corrected chi connectivity index (χ0v) is 18.6. The van der Waals surface area contributed by atoms with Crippen LogP contribution < -0.4 is 10.2 Å². The topological polar surface area (TPSA) is 48.5 Å². The second-order valence-electron chi connectivity index (χ2n) is 8.14. The van der Waals surface area contributed by atoms with Crippen LogP contribution in [0.15, 0.2) is 60.2 Å². The number of amides is 1. The Morgan fingerprint density at radius 1 is 1.06 bits per heavy atom. The van der Waals surface area contributed by atoms with Crippen molar-refractivity contribution < 1.29 is 4.79 Å². The summed E-state index contributed by atoms with van der Waals surface area (Å²) in [5, 5.41) is 4.09. The Labute approximate surface area is 184 Å². The van der Waals surface area contributed by atoms with E-state index in [2.05, 4.69) is 35.0 Å². The van der Waals surface area contributed by atoms with Crippen LogP contribution in [0.5, 0.6) is 0 Å². The Bertz CT molecular complexity index is 1100. The highest BCUT2D eigenvalue weighted by atomic mass is 16.1. The van der Waals surface area contributed by atoms with Gasteiger partial charge in [0.1, 0.15) is 5.82 Å². The van der Waals surface area contributed by atoms with Crippen LogP contribution in [0.1, 0.15) is 25.0 Å². The second kappa shape index (κ2) is 9.31. The average molecular weight is 415 g/mol. The van der Waals surface area contributed by atoms with E-state index in [1.54, 1.807) is 0 Å². The monoisotopic (exact) mass is 414 g/mol. The fourth-order valence-electron chi connectivity index (χ4n) is 4.00. The van der Waals surface area contributed by atoms with Gasteiger partial charge in [-0.15, -0.1) is 0 Å². The molecule has 1 aliphatic heterocycles. The van der Waals surface area contributed by atoms with E-state index >= 15 is 0 Å². The largest absolute Gasteiger partial charge is 0.354 e. The van der Waals surface area contributed by atoms with Crippen molar-refractivity contribution in [1.82, 2.24) is 9.88 Å². The molecule has 0 aliphatic carbocycles. The maximum Gasteiger partial charge on any atom is 0.251 e. The molecule has 0 atom stereocenters. The molecule has 1 aliphatic rings. The van der Waals surface area contributed by atoms with Crippen LogP contribution in [0, 0.1) is 6.92 Å². The molecule has 0 unspecified atom stereocenters. The summed E-state index contributed by atoms with van der Waals surface area (Å²) in [5.74, 6) is 0.943. The first-order chi connectivity index (χ1) is 15.0. The molecule has 0 radical (unpaired) electrons. The van der Waals surface area contributed by atoms with Crippen LogP contribution in [0.25, 0.3) is 17.0 Å². The van der Waals surface area contributed by atoms with Crippen LogP contribution >= 0.6 is 0 Å². The van der Waals surface area contributed by atoms with Crippen LogP contribution in [0.2, 0.25) is 0 Å². The van der Waals surface area contributed by atoms with E-state index in [1.165, 1.54) is 5.56 Å². The molecule has 1 saturated heterocycles. The number of aryl methyl sites for hydroxylation is 1. The van der Waals surface area contributed by atoms with Crippen LogP contribution in [-0.2, 0) is 4.79 Å². The van der Waals surface area contributed by atoms with E-state index < -0.39 is 0 Å². The number of nitrogens with one attached hydrogen (secondary N) is 1. The van der Waals surface area contributed by atoms with Crippen molar-refractivity contribution in [3.8, 4) is 0 Å². The number of likely N-dealkylation sites (N-methyl/N-ethyl adjacent to an activating group) is 1. The van der Waals surface area contributed by atoms with E-state index in [0.717, 1.165) is 60.7 Å². The summed E-state index contributed by atoms with van der Waals surface area (Å²) in [6.45, 7) is 11.4. The number of hydrogen-bond donors (Lipinski definition) is 1. The van der Waals surface area contributed by atoms with Gasteiger partial charge in [0.05, 0.1) is 5.52 Å². The SMILES string of the molecule is CCN1CCN(c2cc(C)c3cc(NC(=O)/C(C)=C\c4ccccc4)ccc3n2)CC1. The summed E-state index contributed by atoms with van der Waals surface area (Å²) in [7, 11) is 0. The summed E-state index contributed by atoms with van der Waals surface area (Å²) in [5.41, 5.74) is 4.60. The standard InChI is InChI=1S/C26H30N4O/c1-4-29-12-14-30(15-13-29)25-17-19(2)23-18-22(10-11-24(23)28-25)27-26(31)20(3)16-21-8-6-5-7-9-21/h5-11,16-18H,4,12-15H2,1-3H3,(H,27,31)/b20-16-. The van der Waals surface area contributed by atoms with Crippen molar-refractivity contribution in [2.24, 2.45) is 0 Å². The lowest BCUT2D eigenvalue weighted by molar-refractivity contribution is -0.112. The minimum Gasteiger partial charge on any atom is -0.354 e. The van der Waals surface area contributed by atoms with Crippen LogP contribution in [0.4, 0.5) is 11.5 Å². The van der Waals surface area contributed by atoms with Gasteiger partial charge in [-0.25, -0.2) is 4.98 Å². The third-order valence-corrected chi connectivity index (χ3v) is 5.94. The second-order valence-corrected chi connectivity index (χ2v) is 8.14. The highest BCUT2D eigenvalue weighted by Gasteiger charge is 2.18. The minimum absolute atomic E-state index is 0.0979. The molecule has 0 saturated carbocycles. The summed E-state index contributed by atoms with van der Waals surface area (Å²) in [6.07, 6.45) is 1.90. The number of aromatic nitrogens is 1. The zero-order chi connectivity index (χ0) is 21.8. The first kappa shape index (κ1) is 21.1. The van der Waals surface area contributed by atoms with Gasteiger partial charge in [-0.05, 0) is 61.9 Å². The fourth-order valence-corrected chi connectivity index (χ4v) is 4.00. The van der Waals surface area contributed by atoms with Crippen molar-refractivity contribution in [3.63, 3.8) is 0 Å². The molecule has 2 aromatic carbocycles. The number of anilines is 2. The van der Waals surface area contributed by atoms with Gasteiger partial charge in [-0.1, -0.05) is 37.3 Å². The molecule has 31 heavy (non-hydrogen) atoms. The van der Waals surface area contributed by atoms with Crippen molar-refractivity contribution in [3.05, 3.63) is 71.3 Å². The first-order valence-corrected chi connectivity index (χ1v) is 11.0. The molecule has 0 bridgehead atoms. The number of fused-ring (bicyclic) bond motifs is 1. The van der Waals surface area contributed by atoms with Gasteiger partial charge in [0, 0.05) is 42.8 Å². The Balaban J connectivity index is 1.51. The molecule has 160 valence electrons. The molecular weight excluding hydrogens is 384 g/mol. The molecule has 5 nitrogen and oxygen atoms in total. The van der Waals surface area contributed by atoms with E-state index in [1.807, 2.05) is 61.5 Å². The Morgan fingerprint density at radius 3 is 2.52 bits per heavy atom. The molecular formula is C26H30N4O. The molecule has 1 N–H and O–H groups in total. The smallest absolute Gasteiger partial charge is 0.251 e. The average Bonchev–Trinajstić information content (AvgIpc) is 2.80. The number of benzene rings is 2. The summed E-state index contributed by atoms with van der Waals surface area (Å²) < 4.78 is 0. The van der Waals surface area contributed by atoms with Gasteiger partial charge in [0.15, 0.2) is 0 Å². The quantitative estimate of drug-likeness (QED) is 0.614. The van der Waals surface area contributed by atoms with E-state index in [4.69, 9.17) is 4.98 Å². The number of carbonyl (C=O) groups is 1. The fraction of sp³-hybridized carbons (Fsp3) is 0.308. The van der Waals surface area contributed by atoms with Crippen molar-refractivity contribution in [2.45, 2.75) is 20.8 Å². The molecule has 1 fully saturated rings. The molecule has 1 aromatic heterocycles. The summed E-state index contributed by atoms with van der Waals surface area (Å²) in [6, 6.07) is 18.0. The minimum atomic E-state index is -0.0979. The molecule has 0 spiro atoms. The third-order valence-electron chi connectivity index (χ3n) is 5.94. The Morgan fingerprint density at radius 2 is 1.81 bits per heavy atom. The first-order valence-electron chi connectivity index (χ1n) is 11.0. The predicted molar refractivity (Wildman–Crippen MR) is 130 cm³/mol. The predicted octanol–water partition coefficient (Wildman–Crippen LogP) is 4.73. The molecule has 2 heterocycles. The Hall–Kier alpha value is -3.18. The lowest BCUT2D eigenvalue weighted by Gasteiger charge is -2.35. The molecule has 1 amide bonds. The highest BCUT2D eigenvalue weighted by Crippen LogP contribution is 2.26. The maximum absolute atomic E-state index is 12.6. The van der Waals surface area contributed by atoms with E-state index in [9.17, 15) is 4.79 Å². The summed E-state index contributed by atoms with van der Waals surface area (Å²) >= 11 is 0. The number of hydrogen-bond acceptors (Lipinski definition) is 4. The molecule has 3 aromatic rings. The van der Waals surface area contributed by atoms with Gasteiger partial charge >= 0.3 is 0 Å². The molecule has 5 heteroatoms. The zero-order valence-electron chi connectivity index (χ0n) is 18.6. The molecule has 4 rings (SSSR count). The van der Waals surface area contributed by atoms with Crippen molar-refractivity contribution in [2.75, 3.05) is 42.9 Å². The number of rotatable bonds is 5. The van der Waals surface area contributed by atoms with Gasteiger partial charge in [-0.2, -0.15) is 0 Å². The number of pyridine rings is 1. The number of nitrogens with zero attached hydrogens (tertiary/aromatic N) is 3. The number of carbonyl (C=O) groups excluding carboxylic acids is 1. The van der Waals surface area contributed by atoms with Gasteiger partial charge in [0.25, 0.3) is 5.91 Å². The number of piperazine rings is 1. The maximum atomic E-state index is 12.6. The summed E-state index contributed by atoms with van der Waals surface area (Å²) in [4.78, 5) is 22.4. The van der Waals surface area contributed by atoms with Crippen molar-refractivity contribution in [1.29, 1.82) is 0 Å². The van der Waals surface area contributed by atoms with Crippen LogP contribution in [0.3, 0.4) is 0 Å². The van der Waals surface area contributed by atoms with Gasteiger partial charge < -0.3 is 15.1 Å². The highest BCUT2D eigenvalue weighted by molar-refractivity contribution is 6.07. The van der Waals surface area contributed by atoms with Crippen molar-refractivity contribution >= 4 is 34.4 Å². The lowest BCUT2D eigenvalue weighted by Crippen LogP contribution is -2.46. The van der Waals surface area contributed by atoms with Crippen LogP contribution in [-0.4, -0.2) is 48.5 Å². The Kier molecular flexibility index (Phi) is 6.33. The van der Waals surface area contributed by atoms with Gasteiger partial charge in [0.2, 0.25) is 0 Å². The third kappa shape index (κ3) is 4.94. The van der Waals surface area contributed by atoms with E-state index in [-0.39, 0.29) is 5.91 Å². The normalized spacial score (nSPS) is 15.3. The lowest BCUT2D eigenvalue weighted by atomic mass is 10.1. The van der Waals surface area contributed by atoms with Gasteiger partial charge in [-0.3, -0.25) is 4.79 Å².